The summed E-state index contributed by atoms with van der Waals surface area (Å²) in [7, 11) is 0. The monoisotopic (exact) mass is 156 g/mol. The van der Waals surface area contributed by atoms with Crippen LogP contribution in [-0.2, 0) is 9.53 Å². The minimum atomic E-state index is -0.636. The van der Waals surface area contributed by atoms with Crippen LogP contribution in [0.1, 0.15) is 13.3 Å². The van der Waals surface area contributed by atoms with E-state index in [2.05, 4.69) is 6.92 Å². The van der Waals surface area contributed by atoms with Crippen molar-refractivity contribution in [1.82, 2.24) is 0 Å². The third kappa shape index (κ3) is 0.948. The fraction of sp³-hybridized carbons (Fsp3) is 0.875. The van der Waals surface area contributed by atoms with E-state index in [4.69, 9.17) is 9.84 Å². The summed E-state index contributed by atoms with van der Waals surface area (Å²) < 4.78 is 5.07. The fourth-order valence-electron chi connectivity index (χ4n) is 1.88. The number of aliphatic carboxylic acids is 1. The van der Waals surface area contributed by atoms with E-state index in [1.54, 1.807) is 0 Å². The van der Waals surface area contributed by atoms with Crippen molar-refractivity contribution in [3.63, 3.8) is 0 Å². The van der Waals surface area contributed by atoms with Gasteiger partial charge in [-0.05, 0) is 12.3 Å². The van der Waals surface area contributed by atoms with Crippen LogP contribution in [0.25, 0.3) is 0 Å². The van der Waals surface area contributed by atoms with Crippen LogP contribution in [0.5, 0.6) is 0 Å². The molecule has 0 aromatic heterocycles. The molecule has 0 aromatic rings. The molecule has 2 aliphatic rings. The molecule has 0 radical (unpaired) electrons. The van der Waals surface area contributed by atoms with Crippen LogP contribution < -0.4 is 0 Å². The Balaban J connectivity index is 1.95. The van der Waals surface area contributed by atoms with Gasteiger partial charge in [0.2, 0.25) is 0 Å². The quantitative estimate of drug-likeness (QED) is 0.641. The van der Waals surface area contributed by atoms with E-state index in [-0.39, 0.29) is 11.3 Å². The Morgan fingerprint density at radius 3 is 2.55 bits per heavy atom. The van der Waals surface area contributed by atoms with Crippen molar-refractivity contribution in [2.75, 3.05) is 13.2 Å². The fourth-order valence-corrected chi connectivity index (χ4v) is 1.88. The molecule has 3 heteroatoms. The van der Waals surface area contributed by atoms with Crippen LogP contribution in [0.2, 0.25) is 0 Å². The lowest BCUT2D eigenvalue weighted by atomic mass is 9.82. The van der Waals surface area contributed by atoms with Gasteiger partial charge in [-0.1, -0.05) is 6.92 Å². The summed E-state index contributed by atoms with van der Waals surface area (Å²) >= 11 is 0. The molecule has 2 rings (SSSR count). The first-order valence-corrected chi connectivity index (χ1v) is 3.94. The number of hydrogen-bond acceptors (Lipinski definition) is 2. The Morgan fingerprint density at radius 1 is 1.64 bits per heavy atom. The third-order valence-electron chi connectivity index (χ3n) is 2.87. The SMILES string of the molecule is CC1(C2CC2C(=O)O)COC1. The Hall–Kier alpha value is -0.570. The third-order valence-corrected chi connectivity index (χ3v) is 2.87. The smallest absolute Gasteiger partial charge is 0.306 e. The van der Waals surface area contributed by atoms with E-state index in [0.717, 1.165) is 19.6 Å². The first kappa shape index (κ1) is 7.10. The van der Waals surface area contributed by atoms with Gasteiger partial charge in [0.25, 0.3) is 0 Å². The second-order valence-corrected chi connectivity index (χ2v) is 3.93. The van der Waals surface area contributed by atoms with E-state index < -0.39 is 5.97 Å². The molecule has 2 fully saturated rings. The molecular formula is C8H12O3. The molecule has 1 heterocycles. The highest BCUT2D eigenvalue weighted by Crippen LogP contribution is 2.54. The highest BCUT2D eigenvalue weighted by atomic mass is 16.5. The zero-order valence-corrected chi connectivity index (χ0v) is 6.54. The van der Waals surface area contributed by atoms with Crippen molar-refractivity contribution in [2.24, 2.45) is 17.3 Å². The van der Waals surface area contributed by atoms with Gasteiger partial charge in [-0.15, -0.1) is 0 Å². The number of hydrogen-bond donors (Lipinski definition) is 1. The lowest BCUT2D eigenvalue weighted by molar-refractivity contribution is -0.143. The maximum absolute atomic E-state index is 10.5. The van der Waals surface area contributed by atoms with E-state index in [1.165, 1.54) is 0 Å². The minimum absolute atomic E-state index is 0.0797. The molecule has 0 bridgehead atoms. The average Bonchev–Trinajstić information content (AvgIpc) is 2.60. The van der Waals surface area contributed by atoms with Gasteiger partial charge in [-0.3, -0.25) is 4.79 Å². The largest absolute Gasteiger partial charge is 0.481 e. The molecule has 62 valence electrons. The van der Waals surface area contributed by atoms with Crippen molar-refractivity contribution in [3.05, 3.63) is 0 Å². The van der Waals surface area contributed by atoms with Gasteiger partial charge in [0, 0.05) is 5.41 Å². The molecule has 1 aliphatic heterocycles. The molecule has 2 unspecified atom stereocenters. The second kappa shape index (κ2) is 1.97. The van der Waals surface area contributed by atoms with Crippen LogP contribution in [-0.4, -0.2) is 24.3 Å². The van der Waals surface area contributed by atoms with Gasteiger partial charge in [-0.2, -0.15) is 0 Å². The number of carboxylic acids is 1. The summed E-state index contributed by atoms with van der Waals surface area (Å²) in [6.45, 7) is 3.62. The first-order valence-electron chi connectivity index (χ1n) is 3.94. The van der Waals surface area contributed by atoms with Crippen LogP contribution in [0.4, 0.5) is 0 Å². The van der Waals surface area contributed by atoms with E-state index in [9.17, 15) is 4.79 Å². The molecule has 1 saturated heterocycles. The number of carbonyl (C=O) groups is 1. The predicted octanol–water partition coefficient (Wildman–Crippen LogP) is 0.744. The zero-order chi connectivity index (χ0) is 8.06. The van der Waals surface area contributed by atoms with E-state index in [1.807, 2.05) is 0 Å². The van der Waals surface area contributed by atoms with Crippen molar-refractivity contribution < 1.29 is 14.6 Å². The Kier molecular flexibility index (Phi) is 1.27. The molecule has 0 amide bonds. The highest BCUT2D eigenvalue weighted by Gasteiger charge is 2.56. The molecule has 1 aliphatic carbocycles. The molecule has 1 N–H and O–H groups in total. The summed E-state index contributed by atoms with van der Waals surface area (Å²) in [6, 6.07) is 0. The predicted molar refractivity (Wildman–Crippen MR) is 38.2 cm³/mol. The summed E-state index contributed by atoms with van der Waals surface area (Å²) in [5, 5.41) is 8.67. The number of carboxylic acid groups (broad SMARTS) is 1. The Labute approximate surface area is 65.4 Å². The van der Waals surface area contributed by atoms with E-state index in [0.29, 0.717) is 5.92 Å². The van der Waals surface area contributed by atoms with Crippen molar-refractivity contribution in [1.29, 1.82) is 0 Å². The molecule has 0 spiro atoms. The normalized spacial score (nSPS) is 39.4. The van der Waals surface area contributed by atoms with Gasteiger partial charge in [0.1, 0.15) is 0 Å². The topological polar surface area (TPSA) is 46.5 Å². The highest BCUT2D eigenvalue weighted by molar-refractivity contribution is 5.73. The van der Waals surface area contributed by atoms with Gasteiger partial charge in [-0.25, -0.2) is 0 Å². The van der Waals surface area contributed by atoms with Gasteiger partial charge in [0.05, 0.1) is 19.1 Å². The second-order valence-electron chi connectivity index (χ2n) is 3.93. The van der Waals surface area contributed by atoms with Crippen molar-refractivity contribution in [3.8, 4) is 0 Å². The minimum Gasteiger partial charge on any atom is -0.481 e. The van der Waals surface area contributed by atoms with Crippen molar-refractivity contribution >= 4 is 5.97 Å². The molecule has 0 aromatic carbocycles. The number of rotatable bonds is 2. The molecule has 1 saturated carbocycles. The van der Waals surface area contributed by atoms with Crippen LogP contribution in [0.3, 0.4) is 0 Å². The maximum Gasteiger partial charge on any atom is 0.306 e. The summed E-state index contributed by atoms with van der Waals surface area (Å²) in [5.41, 5.74) is 0.184. The van der Waals surface area contributed by atoms with Gasteiger partial charge < -0.3 is 9.84 Å². The standard InChI is InChI=1S/C8H12O3/c1-8(3-11-4-8)6-2-5(6)7(9)10/h5-6H,2-4H2,1H3,(H,9,10). The summed E-state index contributed by atoms with van der Waals surface area (Å²) in [5.74, 6) is -0.333. The van der Waals surface area contributed by atoms with Gasteiger partial charge in [0.15, 0.2) is 0 Å². The lowest BCUT2D eigenvalue weighted by Crippen LogP contribution is -2.42. The summed E-state index contributed by atoms with van der Waals surface area (Å²) in [6.07, 6.45) is 0.856. The Morgan fingerprint density at radius 2 is 2.27 bits per heavy atom. The molecule has 2 atom stereocenters. The molecule has 11 heavy (non-hydrogen) atoms. The van der Waals surface area contributed by atoms with Crippen LogP contribution in [0.15, 0.2) is 0 Å². The average molecular weight is 156 g/mol. The number of ether oxygens (including phenoxy) is 1. The summed E-state index contributed by atoms with van der Waals surface area (Å²) in [4.78, 5) is 10.5. The van der Waals surface area contributed by atoms with Gasteiger partial charge >= 0.3 is 5.97 Å². The lowest BCUT2D eigenvalue weighted by Gasteiger charge is -2.38. The Bertz CT molecular complexity index is 196. The van der Waals surface area contributed by atoms with Crippen molar-refractivity contribution in [2.45, 2.75) is 13.3 Å². The maximum atomic E-state index is 10.5. The zero-order valence-electron chi connectivity index (χ0n) is 6.54. The molecule has 3 nitrogen and oxygen atoms in total. The van der Waals surface area contributed by atoms with Crippen LogP contribution >= 0.6 is 0 Å². The first-order chi connectivity index (χ1) is 5.13. The van der Waals surface area contributed by atoms with E-state index >= 15 is 0 Å². The molecular weight excluding hydrogens is 144 g/mol. The van der Waals surface area contributed by atoms with Crippen LogP contribution in [0, 0.1) is 17.3 Å².